The van der Waals surface area contributed by atoms with Gasteiger partial charge in [0.05, 0.1) is 27.9 Å². The molecular weight excluding hydrogens is 686 g/mol. The highest BCUT2D eigenvalue weighted by Crippen LogP contribution is 2.62. The Labute approximate surface area is 324 Å². The number of esters is 4. The molecule has 7 saturated carbocycles. The lowest BCUT2D eigenvalue weighted by Crippen LogP contribution is -2.61. The molecule has 1 heterocycles. The van der Waals surface area contributed by atoms with E-state index in [4.69, 9.17) is 18.9 Å². The lowest BCUT2D eigenvalue weighted by Gasteiger charge is -2.59. The third-order valence-electron chi connectivity index (χ3n) is 15.1. The minimum absolute atomic E-state index is 0.0197. The molecule has 10 heteroatoms. The minimum atomic E-state index is -0.974. The molecule has 10 nitrogen and oxygen atoms in total. The molecule has 54 heavy (non-hydrogen) atoms. The second kappa shape index (κ2) is 15.0. The second-order valence-corrected chi connectivity index (χ2v) is 20.2. The van der Waals surface area contributed by atoms with Crippen LogP contribution in [0, 0.1) is 56.7 Å². The lowest BCUT2D eigenvalue weighted by molar-refractivity contribution is -0.225. The van der Waals surface area contributed by atoms with Crippen LogP contribution >= 0.6 is 0 Å². The van der Waals surface area contributed by atoms with E-state index in [0.717, 1.165) is 64.2 Å². The molecule has 0 aromatic carbocycles. The third kappa shape index (κ3) is 7.96. The van der Waals surface area contributed by atoms with Gasteiger partial charge in [0.25, 0.3) is 0 Å². The molecule has 7 atom stereocenters. The summed E-state index contributed by atoms with van der Waals surface area (Å²) in [6.45, 7) is 19.7. The summed E-state index contributed by atoms with van der Waals surface area (Å²) in [5.74, 6) is 0.316. The van der Waals surface area contributed by atoms with E-state index in [0.29, 0.717) is 31.1 Å². The fourth-order valence-corrected chi connectivity index (χ4v) is 10.5. The van der Waals surface area contributed by atoms with Gasteiger partial charge in [-0.1, -0.05) is 27.7 Å². The Bertz CT molecular complexity index is 1470. The van der Waals surface area contributed by atoms with Crippen LogP contribution in [-0.2, 0) is 38.1 Å². The number of nitrogens with zero attached hydrogens (tertiary/aromatic N) is 1. The number of carbonyl (C=O) groups excluding carboxylic acids is 4. The van der Waals surface area contributed by atoms with Crippen molar-refractivity contribution in [3.8, 4) is 6.07 Å². The molecule has 0 aromatic rings. The quantitative estimate of drug-likeness (QED) is 0.170. The molecule has 6 bridgehead atoms. The zero-order valence-corrected chi connectivity index (χ0v) is 34.9. The van der Waals surface area contributed by atoms with Crippen LogP contribution in [0.25, 0.3) is 0 Å². The standard InChI is InChI=1S/C16H26O3.C15H19NO4.C13H24O2/c1-4-14(2,3)13(17)19-16-8-11-5-12(9-16)7-15(18,6-11)10-16;1-4-14(2,3)12(17)19-10-8-5-9-11(10)20-13(18)15(9,6-8)7-16;1-5-12(3,4)11(14)15-13(6-2)9-7-8-10-13/h11-12,18H,4-10H2,1-3H3;8-11H,4-6H2,1-3H3;5-10H2,1-4H3. The van der Waals surface area contributed by atoms with Crippen molar-refractivity contribution in [1.82, 2.24) is 0 Å². The molecule has 0 aromatic heterocycles. The topological polar surface area (TPSA) is 149 Å². The normalized spacial score (nSPS) is 36.6. The average Bonchev–Trinajstić information content (AvgIpc) is 3.85. The highest BCUT2D eigenvalue weighted by molar-refractivity contribution is 5.85. The first kappa shape index (κ1) is 42.5. The van der Waals surface area contributed by atoms with Crippen LogP contribution in [0.3, 0.4) is 0 Å². The summed E-state index contributed by atoms with van der Waals surface area (Å²) in [6, 6.07) is 2.15. The summed E-state index contributed by atoms with van der Waals surface area (Å²) >= 11 is 0. The summed E-state index contributed by atoms with van der Waals surface area (Å²) < 4.78 is 22.7. The van der Waals surface area contributed by atoms with Gasteiger partial charge in [-0.2, -0.15) is 5.26 Å². The molecule has 1 N–H and O–H groups in total. The third-order valence-corrected chi connectivity index (χ3v) is 15.1. The number of hydrogen-bond donors (Lipinski definition) is 1. The molecule has 8 aliphatic rings. The first-order chi connectivity index (χ1) is 25.1. The van der Waals surface area contributed by atoms with E-state index in [1.165, 1.54) is 19.3 Å². The number of fused-ring (bicyclic) bond motifs is 1. The van der Waals surface area contributed by atoms with E-state index in [9.17, 15) is 29.5 Å². The summed E-state index contributed by atoms with van der Waals surface area (Å²) in [4.78, 5) is 48.5. The van der Waals surface area contributed by atoms with Crippen LogP contribution < -0.4 is 0 Å². The van der Waals surface area contributed by atoms with E-state index in [1.54, 1.807) is 0 Å². The minimum Gasteiger partial charge on any atom is -0.459 e. The molecule has 304 valence electrons. The van der Waals surface area contributed by atoms with Gasteiger partial charge in [-0.15, -0.1) is 0 Å². The molecule has 8 rings (SSSR count). The van der Waals surface area contributed by atoms with E-state index < -0.39 is 33.9 Å². The van der Waals surface area contributed by atoms with Crippen molar-refractivity contribution in [3.63, 3.8) is 0 Å². The van der Waals surface area contributed by atoms with Crippen LogP contribution in [0.4, 0.5) is 0 Å². The van der Waals surface area contributed by atoms with E-state index >= 15 is 0 Å². The Morgan fingerprint density at radius 3 is 1.80 bits per heavy atom. The average molecular weight is 756 g/mol. The fourth-order valence-electron chi connectivity index (χ4n) is 10.5. The maximum Gasteiger partial charge on any atom is 0.327 e. The predicted octanol–water partition coefficient (Wildman–Crippen LogP) is 8.55. The van der Waals surface area contributed by atoms with Gasteiger partial charge in [-0.3, -0.25) is 19.2 Å². The Hall–Kier alpha value is -2.67. The Morgan fingerprint density at radius 1 is 0.796 bits per heavy atom. The number of ether oxygens (including phenoxy) is 4. The van der Waals surface area contributed by atoms with Crippen LogP contribution in [-0.4, -0.2) is 58.0 Å². The number of nitriles is 1. The fraction of sp³-hybridized carbons (Fsp3) is 0.886. The molecular formula is C44H69NO9. The summed E-state index contributed by atoms with van der Waals surface area (Å²) in [5, 5.41) is 20.0. The van der Waals surface area contributed by atoms with Crippen molar-refractivity contribution in [1.29, 1.82) is 5.26 Å². The smallest absolute Gasteiger partial charge is 0.327 e. The van der Waals surface area contributed by atoms with Crippen molar-refractivity contribution in [2.45, 2.75) is 201 Å². The zero-order chi connectivity index (χ0) is 40.1. The number of aliphatic hydroxyl groups is 1. The summed E-state index contributed by atoms with van der Waals surface area (Å²) in [6.07, 6.45) is 13.9. The van der Waals surface area contributed by atoms with Crippen LogP contribution in [0.15, 0.2) is 0 Å². The maximum atomic E-state index is 12.4. The lowest BCUT2D eigenvalue weighted by atomic mass is 9.52. The molecule has 0 amide bonds. The van der Waals surface area contributed by atoms with Gasteiger partial charge in [-0.25, -0.2) is 0 Å². The SMILES string of the molecule is CCC(C)(C)C(=O)OC12CC3CC(CC(O)(C3)C1)C2.CCC(C)(C)C(=O)OC1C2CC3C1OC(=O)C3(C#N)C2.CCC1(OC(=O)C(C)(C)CC)CCCC1. The first-order valence-electron chi connectivity index (χ1n) is 21.1. The molecule has 1 aliphatic heterocycles. The van der Waals surface area contributed by atoms with Crippen molar-refractivity contribution >= 4 is 23.9 Å². The van der Waals surface area contributed by atoms with Gasteiger partial charge in [-0.05, 0) is 150 Å². The Kier molecular flexibility index (Phi) is 11.8. The number of rotatable bonds is 10. The molecule has 7 unspecified atom stereocenters. The van der Waals surface area contributed by atoms with Gasteiger partial charge in [0.1, 0.15) is 23.4 Å². The highest BCUT2D eigenvalue weighted by Gasteiger charge is 2.72. The molecule has 0 spiro atoms. The first-order valence-corrected chi connectivity index (χ1v) is 21.1. The van der Waals surface area contributed by atoms with Crippen LogP contribution in [0.5, 0.6) is 0 Å². The van der Waals surface area contributed by atoms with Gasteiger partial charge in [0, 0.05) is 18.3 Å². The van der Waals surface area contributed by atoms with E-state index in [1.807, 2.05) is 62.3 Å². The Morgan fingerprint density at radius 2 is 1.31 bits per heavy atom. The largest absolute Gasteiger partial charge is 0.459 e. The van der Waals surface area contributed by atoms with Gasteiger partial charge >= 0.3 is 23.9 Å². The van der Waals surface area contributed by atoms with Crippen molar-refractivity contribution < 1.29 is 43.2 Å². The number of hydrogen-bond acceptors (Lipinski definition) is 10. The molecule has 1 saturated heterocycles. The van der Waals surface area contributed by atoms with E-state index in [-0.39, 0.29) is 52.5 Å². The van der Waals surface area contributed by atoms with Gasteiger partial charge < -0.3 is 24.1 Å². The van der Waals surface area contributed by atoms with E-state index in [2.05, 4.69) is 13.0 Å². The highest BCUT2D eigenvalue weighted by atomic mass is 16.6. The maximum absolute atomic E-state index is 12.4. The molecule has 8 fully saturated rings. The van der Waals surface area contributed by atoms with Crippen LogP contribution in [0.1, 0.15) is 172 Å². The Balaban J connectivity index is 0.000000158. The monoisotopic (exact) mass is 755 g/mol. The van der Waals surface area contributed by atoms with Crippen molar-refractivity contribution in [3.05, 3.63) is 0 Å². The summed E-state index contributed by atoms with van der Waals surface area (Å²) in [5.41, 5.74) is -3.29. The zero-order valence-electron chi connectivity index (χ0n) is 34.9. The van der Waals surface area contributed by atoms with Crippen molar-refractivity contribution in [2.75, 3.05) is 0 Å². The second-order valence-electron chi connectivity index (χ2n) is 20.2. The molecule has 7 aliphatic carbocycles. The number of carbonyl (C=O) groups is 4. The van der Waals surface area contributed by atoms with Gasteiger partial charge in [0.2, 0.25) is 0 Å². The predicted molar refractivity (Wildman–Crippen MR) is 202 cm³/mol. The van der Waals surface area contributed by atoms with Gasteiger partial charge in [0.15, 0.2) is 5.41 Å². The van der Waals surface area contributed by atoms with Crippen molar-refractivity contribution in [2.24, 2.45) is 45.3 Å². The van der Waals surface area contributed by atoms with Crippen LogP contribution in [0.2, 0.25) is 0 Å². The molecule has 0 radical (unpaired) electrons. The summed E-state index contributed by atoms with van der Waals surface area (Å²) in [7, 11) is 0.